The lowest BCUT2D eigenvalue weighted by molar-refractivity contribution is -0.384. The molecular weight excluding hydrogens is 270 g/mol. The first-order valence-corrected chi connectivity index (χ1v) is 6.38. The Morgan fingerprint density at radius 1 is 1.21 bits per heavy atom. The molecule has 7 heteroatoms. The highest BCUT2D eigenvalue weighted by Crippen LogP contribution is 2.21. The number of halogens is 1. The molecule has 1 aliphatic heterocycles. The quantitative estimate of drug-likeness (QED) is 0.275. The van der Waals surface area contributed by atoms with Crippen LogP contribution in [0.4, 0.5) is 11.4 Å². The van der Waals surface area contributed by atoms with E-state index in [0.29, 0.717) is 13.1 Å². The minimum atomic E-state index is -0.570. The van der Waals surface area contributed by atoms with Gasteiger partial charge in [0.25, 0.3) is 5.69 Å². The summed E-state index contributed by atoms with van der Waals surface area (Å²) in [5, 5.41) is 10.6. The van der Waals surface area contributed by atoms with E-state index >= 15 is 0 Å². The summed E-state index contributed by atoms with van der Waals surface area (Å²) < 4.78 is 0. The van der Waals surface area contributed by atoms with E-state index in [1.165, 1.54) is 12.1 Å². The molecule has 1 aromatic rings. The molecule has 0 radical (unpaired) electrons. The standard InChI is InChI=1S/C12H14ClN3O3/c13-12(9-17)15-7-5-14(6-8-15)10-1-3-11(4-2-10)16(18)19/h1-4,9,12H,5-8H2. The van der Waals surface area contributed by atoms with E-state index in [1.54, 1.807) is 12.1 Å². The van der Waals surface area contributed by atoms with Crippen molar-refractivity contribution < 1.29 is 9.72 Å². The molecule has 0 bridgehead atoms. The lowest BCUT2D eigenvalue weighted by atomic mass is 10.2. The van der Waals surface area contributed by atoms with Crippen molar-refractivity contribution in [3.8, 4) is 0 Å². The van der Waals surface area contributed by atoms with Crippen molar-refractivity contribution in [2.45, 2.75) is 5.50 Å². The third-order valence-corrected chi connectivity index (χ3v) is 3.58. The SMILES string of the molecule is O=CC(Cl)N1CCN(c2ccc([N+](=O)[O-])cc2)CC1. The average Bonchev–Trinajstić information content (AvgIpc) is 2.46. The fourth-order valence-corrected chi connectivity index (χ4v) is 2.29. The maximum absolute atomic E-state index is 10.6. The Labute approximate surface area is 115 Å². The molecular formula is C12H14ClN3O3. The first-order chi connectivity index (χ1) is 9.11. The third-order valence-electron chi connectivity index (χ3n) is 3.20. The molecule has 1 unspecified atom stereocenters. The molecule has 0 saturated carbocycles. The molecule has 1 aromatic carbocycles. The van der Waals surface area contributed by atoms with E-state index in [0.717, 1.165) is 25.1 Å². The zero-order valence-electron chi connectivity index (χ0n) is 10.2. The smallest absolute Gasteiger partial charge is 0.269 e. The molecule has 0 aromatic heterocycles. The van der Waals surface area contributed by atoms with Crippen LogP contribution >= 0.6 is 11.6 Å². The van der Waals surface area contributed by atoms with Crippen LogP contribution in [0, 0.1) is 10.1 Å². The number of carbonyl (C=O) groups is 1. The van der Waals surface area contributed by atoms with Gasteiger partial charge in [0, 0.05) is 44.0 Å². The number of non-ortho nitro benzene ring substituents is 1. The van der Waals surface area contributed by atoms with Crippen LogP contribution in [0.3, 0.4) is 0 Å². The first-order valence-electron chi connectivity index (χ1n) is 5.94. The lowest BCUT2D eigenvalue weighted by Crippen LogP contribution is -2.49. The van der Waals surface area contributed by atoms with Gasteiger partial charge in [-0.2, -0.15) is 0 Å². The Hall–Kier alpha value is -1.66. The van der Waals surface area contributed by atoms with Crippen molar-refractivity contribution in [2.24, 2.45) is 0 Å². The van der Waals surface area contributed by atoms with Crippen LogP contribution in [0.1, 0.15) is 0 Å². The van der Waals surface area contributed by atoms with Gasteiger partial charge >= 0.3 is 0 Å². The summed E-state index contributed by atoms with van der Waals surface area (Å²) in [6, 6.07) is 6.48. The van der Waals surface area contributed by atoms with Crippen LogP contribution in [0.25, 0.3) is 0 Å². The summed E-state index contributed by atoms with van der Waals surface area (Å²) in [5.41, 5.74) is 0.464. The van der Waals surface area contributed by atoms with Crippen LogP contribution in [0.2, 0.25) is 0 Å². The predicted octanol–water partition coefficient (Wildman–Crippen LogP) is 1.48. The van der Waals surface area contributed by atoms with Gasteiger partial charge < -0.3 is 9.69 Å². The second-order valence-corrected chi connectivity index (χ2v) is 4.75. The molecule has 0 aliphatic carbocycles. The number of rotatable bonds is 4. The van der Waals surface area contributed by atoms with Crippen LogP contribution in [0.15, 0.2) is 24.3 Å². The Morgan fingerprint density at radius 3 is 2.26 bits per heavy atom. The highest BCUT2D eigenvalue weighted by Gasteiger charge is 2.22. The van der Waals surface area contributed by atoms with Crippen molar-refractivity contribution in [2.75, 3.05) is 31.1 Å². The fourth-order valence-electron chi connectivity index (χ4n) is 2.10. The molecule has 102 valence electrons. The van der Waals surface area contributed by atoms with Gasteiger partial charge in [-0.1, -0.05) is 11.6 Å². The summed E-state index contributed by atoms with van der Waals surface area (Å²) in [6.07, 6.45) is 0.725. The summed E-state index contributed by atoms with van der Waals surface area (Å²) in [6.45, 7) is 2.89. The van der Waals surface area contributed by atoms with Gasteiger partial charge in [-0.25, -0.2) is 0 Å². The normalized spacial score (nSPS) is 18.1. The van der Waals surface area contributed by atoms with Gasteiger partial charge in [0.15, 0.2) is 6.29 Å². The molecule has 19 heavy (non-hydrogen) atoms. The highest BCUT2D eigenvalue weighted by molar-refractivity contribution is 6.27. The summed E-state index contributed by atoms with van der Waals surface area (Å²) >= 11 is 5.86. The maximum Gasteiger partial charge on any atom is 0.269 e. The first kappa shape index (κ1) is 13.8. The third kappa shape index (κ3) is 3.21. The topological polar surface area (TPSA) is 66.7 Å². The van der Waals surface area contributed by atoms with E-state index in [4.69, 9.17) is 11.6 Å². The van der Waals surface area contributed by atoms with Crippen molar-refractivity contribution >= 4 is 29.3 Å². The molecule has 1 atom stereocenters. The molecule has 1 aliphatic rings. The van der Waals surface area contributed by atoms with Gasteiger partial charge in [0.1, 0.15) is 5.50 Å². The number of hydrogen-bond acceptors (Lipinski definition) is 5. The van der Waals surface area contributed by atoms with Crippen molar-refractivity contribution in [1.29, 1.82) is 0 Å². The Bertz CT molecular complexity index is 458. The van der Waals surface area contributed by atoms with Gasteiger partial charge in [-0.15, -0.1) is 0 Å². The molecule has 1 fully saturated rings. The van der Waals surface area contributed by atoms with Crippen LogP contribution in [-0.2, 0) is 4.79 Å². The Kier molecular flexibility index (Phi) is 4.34. The van der Waals surface area contributed by atoms with Crippen molar-refractivity contribution in [3.05, 3.63) is 34.4 Å². The minimum absolute atomic E-state index is 0.0872. The molecule has 0 amide bonds. The number of carbonyl (C=O) groups excluding carboxylic acids is 1. The van der Waals surface area contributed by atoms with Gasteiger partial charge in [-0.3, -0.25) is 15.0 Å². The molecule has 1 heterocycles. The fraction of sp³-hybridized carbons (Fsp3) is 0.417. The van der Waals surface area contributed by atoms with Gasteiger partial charge in [0.05, 0.1) is 4.92 Å². The summed E-state index contributed by atoms with van der Waals surface area (Å²) in [7, 11) is 0. The number of nitro groups is 1. The van der Waals surface area contributed by atoms with Crippen LogP contribution < -0.4 is 4.90 Å². The van der Waals surface area contributed by atoms with E-state index in [-0.39, 0.29) is 5.69 Å². The summed E-state index contributed by atoms with van der Waals surface area (Å²) in [5.74, 6) is 0. The Balaban J connectivity index is 1.97. The molecule has 2 rings (SSSR count). The van der Waals surface area contributed by atoms with E-state index in [9.17, 15) is 14.9 Å². The second kappa shape index (κ2) is 5.99. The molecule has 0 N–H and O–H groups in total. The second-order valence-electron chi connectivity index (χ2n) is 4.31. The molecule has 0 spiro atoms. The number of aldehydes is 1. The van der Waals surface area contributed by atoms with Crippen LogP contribution in [0.5, 0.6) is 0 Å². The van der Waals surface area contributed by atoms with E-state index in [1.807, 2.05) is 4.90 Å². The number of nitrogens with zero attached hydrogens (tertiary/aromatic N) is 3. The van der Waals surface area contributed by atoms with E-state index in [2.05, 4.69) is 4.90 Å². The number of anilines is 1. The number of alkyl halides is 1. The average molecular weight is 284 g/mol. The maximum atomic E-state index is 10.6. The minimum Gasteiger partial charge on any atom is -0.369 e. The highest BCUT2D eigenvalue weighted by atomic mass is 35.5. The van der Waals surface area contributed by atoms with Crippen LogP contribution in [-0.4, -0.2) is 47.8 Å². The number of benzene rings is 1. The Morgan fingerprint density at radius 2 is 1.79 bits per heavy atom. The predicted molar refractivity (Wildman–Crippen MR) is 72.6 cm³/mol. The molecule has 6 nitrogen and oxygen atoms in total. The summed E-state index contributed by atoms with van der Waals surface area (Å²) in [4.78, 5) is 24.8. The van der Waals surface area contributed by atoms with Crippen molar-refractivity contribution in [1.82, 2.24) is 4.90 Å². The monoisotopic (exact) mass is 283 g/mol. The number of piperazine rings is 1. The zero-order valence-corrected chi connectivity index (χ0v) is 11.0. The number of hydrogen-bond donors (Lipinski definition) is 0. The largest absolute Gasteiger partial charge is 0.369 e. The van der Waals surface area contributed by atoms with Crippen molar-refractivity contribution in [3.63, 3.8) is 0 Å². The van der Waals surface area contributed by atoms with E-state index < -0.39 is 10.4 Å². The van der Waals surface area contributed by atoms with Gasteiger partial charge in [-0.05, 0) is 12.1 Å². The zero-order chi connectivity index (χ0) is 13.8. The molecule has 1 saturated heterocycles. The number of nitro benzene ring substituents is 1. The lowest BCUT2D eigenvalue weighted by Gasteiger charge is -2.36. The van der Waals surface area contributed by atoms with Gasteiger partial charge in [0.2, 0.25) is 0 Å².